The SMILES string of the molecule is CCCC(O)CSc1cccc(F)c1. The Hall–Kier alpha value is -0.540. The molecule has 1 aromatic rings. The zero-order valence-electron chi connectivity index (χ0n) is 8.24. The summed E-state index contributed by atoms with van der Waals surface area (Å²) in [6, 6.07) is 6.45. The van der Waals surface area contributed by atoms with E-state index in [0.29, 0.717) is 5.75 Å². The number of hydrogen-bond acceptors (Lipinski definition) is 2. The van der Waals surface area contributed by atoms with Crippen LogP contribution in [0.5, 0.6) is 0 Å². The van der Waals surface area contributed by atoms with Crippen molar-refractivity contribution in [2.24, 2.45) is 0 Å². The van der Waals surface area contributed by atoms with Gasteiger partial charge in [-0.3, -0.25) is 0 Å². The summed E-state index contributed by atoms with van der Waals surface area (Å²) in [4.78, 5) is 0.875. The number of halogens is 1. The van der Waals surface area contributed by atoms with E-state index in [1.54, 1.807) is 6.07 Å². The first kappa shape index (κ1) is 11.5. The Labute approximate surface area is 88.3 Å². The van der Waals surface area contributed by atoms with E-state index in [1.807, 2.05) is 13.0 Å². The summed E-state index contributed by atoms with van der Waals surface area (Å²) in [6.07, 6.45) is 1.50. The number of rotatable bonds is 5. The highest BCUT2D eigenvalue weighted by Crippen LogP contribution is 2.20. The molecule has 3 heteroatoms. The molecule has 0 bridgehead atoms. The molecule has 0 aliphatic heterocycles. The second-order valence-electron chi connectivity index (χ2n) is 3.21. The molecule has 1 atom stereocenters. The molecular weight excluding hydrogens is 199 g/mol. The minimum atomic E-state index is -0.284. The average molecular weight is 214 g/mol. The summed E-state index contributed by atoms with van der Waals surface area (Å²) >= 11 is 1.49. The van der Waals surface area contributed by atoms with Gasteiger partial charge in [0, 0.05) is 10.6 Å². The molecule has 0 aliphatic rings. The minimum absolute atomic E-state index is 0.222. The van der Waals surface area contributed by atoms with Crippen LogP contribution in [0.3, 0.4) is 0 Å². The number of aliphatic hydroxyl groups excluding tert-OH is 1. The predicted molar refractivity (Wildman–Crippen MR) is 58.0 cm³/mol. The van der Waals surface area contributed by atoms with Crippen LogP contribution >= 0.6 is 11.8 Å². The van der Waals surface area contributed by atoms with Crippen molar-refractivity contribution in [2.75, 3.05) is 5.75 Å². The zero-order chi connectivity index (χ0) is 10.4. The van der Waals surface area contributed by atoms with Crippen molar-refractivity contribution in [1.29, 1.82) is 0 Å². The highest BCUT2D eigenvalue weighted by molar-refractivity contribution is 7.99. The Morgan fingerprint density at radius 3 is 2.93 bits per heavy atom. The van der Waals surface area contributed by atoms with E-state index >= 15 is 0 Å². The molecule has 0 spiro atoms. The lowest BCUT2D eigenvalue weighted by Crippen LogP contribution is -2.08. The maximum Gasteiger partial charge on any atom is 0.124 e. The molecule has 1 nitrogen and oxygen atoms in total. The Balaban J connectivity index is 2.37. The molecule has 0 fully saturated rings. The van der Waals surface area contributed by atoms with Gasteiger partial charge in [0.25, 0.3) is 0 Å². The monoisotopic (exact) mass is 214 g/mol. The third-order valence-corrected chi connectivity index (χ3v) is 3.00. The molecule has 1 N–H and O–H groups in total. The van der Waals surface area contributed by atoms with Gasteiger partial charge in [-0.15, -0.1) is 11.8 Å². The van der Waals surface area contributed by atoms with E-state index in [0.717, 1.165) is 17.7 Å². The number of aliphatic hydroxyl groups is 1. The molecule has 0 saturated carbocycles. The van der Waals surface area contributed by atoms with Gasteiger partial charge >= 0.3 is 0 Å². The Morgan fingerprint density at radius 1 is 1.50 bits per heavy atom. The van der Waals surface area contributed by atoms with Gasteiger partial charge in [-0.1, -0.05) is 19.4 Å². The van der Waals surface area contributed by atoms with Crippen LogP contribution in [-0.4, -0.2) is 17.0 Å². The summed E-state index contributed by atoms with van der Waals surface area (Å²) in [5.41, 5.74) is 0. The Kier molecular flexibility index (Phi) is 4.98. The topological polar surface area (TPSA) is 20.2 Å². The van der Waals surface area contributed by atoms with E-state index < -0.39 is 0 Å². The first-order valence-electron chi connectivity index (χ1n) is 4.78. The summed E-state index contributed by atoms with van der Waals surface area (Å²) in [5.74, 6) is 0.414. The van der Waals surface area contributed by atoms with E-state index in [1.165, 1.54) is 23.9 Å². The lowest BCUT2D eigenvalue weighted by molar-refractivity contribution is 0.188. The van der Waals surface area contributed by atoms with Crippen LogP contribution in [0.25, 0.3) is 0 Å². The predicted octanol–water partition coefficient (Wildman–Crippen LogP) is 3.08. The second-order valence-corrected chi connectivity index (χ2v) is 4.30. The molecule has 78 valence electrons. The van der Waals surface area contributed by atoms with Gasteiger partial charge in [0.2, 0.25) is 0 Å². The summed E-state index contributed by atoms with van der Waals surface area (Å²) in [6.45, 7) is 2.04. The maximum absolute atomic E-state index is 12.8. The molecule has 0 aromatic heterocycles. The van der Waals surface area contributed by atoms with Crippen LogP contribution in [0, 0.1) is 5.82 Å². The second kappa shape index (κ2) is 6.04. The third kappa shape index (κ3) is 4.11. The van der Waals surface area contributed by atoms with E-state index in [9.17, 15) is 9.50 Å². The van der Waals surface area contributed by atoms with Crippen LogP contribution in [0.15, 0.2) is 29.2 Å². The van der Waals surface area contributed by atoms with Crippen LogP contribution in [0.2, 0.25) is 0 Å². The van der Waals surface area contributed by atoms with Gasteiger partial charge < -0.3 is 5.11 Å². The van der Waals surface area contributed by atoms with Crippen molar-refractivity contribution < 1.29 is 9.50 Å². The van der Waals surface area contributed by atoms with Crippen molar-refractivity contribution in [1.82, 2.24) is 0 Å². The number of benzene rings is 1. The largest absolute Gasteiger partial charge is 0.392 e. The average Bonchev–Trinajstić information content (AvgIpc) is 2.15. The fourth-order valence-electron chi connectivity index (χ4n) is 1.17. The lowest BCUT2D eigenvalue weighted by atomic mass is 10.2. The summed E-state index contributed by atoms with van der Waals surface area (Å²) in [5, 5.41) is 9.47. The zero-order valence-corrected chi connectivity index (χ0v) is 9.06. The molecule has 14 heavy (non-hydrogen) atoms. The molecule has 1 aromatic carbocycles. The van der Waals surface area contributed by atoms with Crippen molar-refractivity contribution >= 4 is 11.8 Å². The van der Waals surface area contributed by atoms with Gasteiger partial charge in [0.1, 0.15) is 5.82 Å². The molecule has 1 rings (SSSR count). The maximum atomic E-state index is 12.8. The van der Waals surface area contributed by atoms with Crippen molar-refractivity contribution in [2.45, 2.75) is 30.8 Å². The van der Waals surface area contributed by atoms with Crippen molar-refractivity contribution in [3.63, 3.8) is 0 Å². The van der Waals surface area contributed by atoms with Crippen LogP contribution in [-0.2, 0) is 0 Å². The van der Waals surface area contributed by atoms with Gasteiger partial charge in [0.15, 0.2) is 0 Å². The van der Waals surface area contributed by atoms with Crippen LogP contribution in [0.4, 0.5) is 4.39 Å². The Bertz CT molecular complexity index is 278. The highest BCUT2D eigenvalue weighted by atomic mass is 32.2. The fraction of sp³-hybridized carbons (Fsp3) is 0.455. The Morgan fingerprint density at radius 2 is 2.29 bits per heavy atom. The summed E-state index contributed by atoms with van der Waals surface area (Å²) < 4.78 is 12.8. The molecular formula is C11H15FOS. The smallest absolute Gasteiger partial charge is 0.124 e. The molecule has 0 saturated heterocycles. The highest BCUT2D eigenvalue weighted by Gasteiger charge is 2.03. The number of hydrogen-bond donors (Lipinski definition) is 1. The first-order chi connectivity index (χ1) is 6.72. The first-order valence-corrected chi connectivity index (χ1v) is 5.77. The molecule has 0 amide bonds. The van der Waals surface area contributed by atoms with E-state index in [4.69, 9.17) is 0 Å². The van der Waals surface area contributed by atoms with Gasteiger partial charge in [-0.25, -0.2) is 4.39 Å². The number of thioether (sulfide) groups is 1. The van der Waals surface area contributed by atoms with Crippen molar-refractivity contribution in [3.05, 3.63) is 30.1 Å². The fourth-order valence-corrected chi connectivity index (χ4v) is 2.09. The molecule has 0 aliphatic carbocycles. The van der Waals surface area contributed by atoms with Gasteiger partial charge in [-0.2, -0.15) is 0 Å². The van der Waals surface area contributed by atoms with E-state index in [-0.39, 0.29) is 11.9 Å². The third-order valence-electron chi connectivity index (χ3n) is 1.86. The van der Waals surface area contributed by atoms with Gasteiger partial charge in [-0.05, 0) is 24.6 Å². The normalized spacial score (nSPS) is 12.8. The molecule has 0 heterocycles. The molecule has 0 radical (unpaired) electrons. The lowest BCUT2D eigenvalue weighted by Gasteiger charge is -2.08. The van der Waals surface area contributed by atoms with Crippen LogP contribution in [0.1, 0.15) is 19.8 Å². The van der Waals surface area contributed by atoms with Gasteiger partial charge in [0.05, 0.1) is 6.10 Å². The van der Waals surface area contributed by atoms with Crippen molar-refractivity contribution in [3.8, 4) is 0 Å². The quantitative estimate of drug-likeness (QED) is 0.760. The van der Waals surface area contributed by atoms with E-state index in [2.05, 4.69) is 0 Å². The minimum Gasteiger partial charge on any atom is -0.392 e. The molecule has 1 unspecified atom stereocenters. The standard InChI is InChI=1S/C11H15FOS/c1-2-4-10(13)8-14-11-6-3-5-9(12)7-11/h3,5-7,10,13H,2,4,8H2,1H3. The summed E-state index contributed by atoms with van der Waals surface area (Å²) in [7, 11) is 0. The van der Waals surface area contributed by atoms with Crippen LogP contribution < -0.4 is 0 Å².